The summed E-state index contributed by atoms with van der Waals surface area (Å²) in [6.45, 7) is -0.499. The monoisotopic (exact) mass is 253 g/mol. The zero-order valence-electron chi connectivity index (χ0n) is 8.53. The number of carbonyl (C=O) groups is 2. The first-order valence-corrected chi connectivity index (χ1v) is 4.87. The van der Waals surface area contributed by atoms with Crippen molar-refractivity contribution in [1.82, 2.24) is 5.32 Å². The van der Waals surface area contributed by atoms with Crippen LogP contribution in [0.3, 0.4) is 0 Å². The second-order valence-corrected chi connectivity index (χ2v) is 3.42. The lowest BCUT2D eigenvalue weighted by molar-refractivity contribution is -0.135. The van der Waals surface area contributed by atoms with Crippen molar-refractivity contribution < 1.29 is 14.7 Å². The molecule has 0 heterocycles. The molecule has 3 N–H and O–H groups in total. The van der Waals surface area contributed by atoms with Gasteiger partial charge in [-0.05, 0) is 18.2 Å². The molecule has 6 nitrogen and oxygen atoms in total. The lowest BCUT2D eigenvalue weighted by Gasteiger charge is -2.07. The topological polar surface area (TPSA) is 102 Å². The van der Waals surface area contributed by atoms with Crippen LogP contribution in [0, 0.1) is 11.3 Å². The van der Waals surface area contributed by atoms with E-state index in [2.05, 4.69) is 10.6 Å². The first kappa shape index (κ1) is 12.8. The molecule has 0 aliphatic carbocycles. The Labute approximate surface area is 102 Å². The molecular weight excluding hydrogens is 246 g/mol. The molecule has 17 heavy (non-hydrogen) atoms. The van der Waals surface area contributed by atoms with Crippen molar-refractivity contribution in [2.24, 2.45) is 0 Å². The maximum absolute atomic E-state index is 11.2. The van der Waals surface area contributed by atoms with Crippen LogP contribution in [0.5, 0.6) is 0 Å². The second-order valence-electron chi connectivity index (χ2n) is 3.01. The van der Waals surface area contributed by atoms with E-state index in [0.29, 0.717) is 5.56 Å². The molecule has 0 radical (unpaired) electrons. The fourth-order valence-electron chi connectivity index (χ4n) is 1.01. The minimum atomic E-state index is -1.16. The largest absolute Gasteiger partial charge is 0.480 e. The van der Waals surface area contributed by atoms with Crippen molar-refractivity contribution in [3.05, 3.63) is 28.8 Å². The van der Waals surface area contributed by atoms with Gasteiger partial charge in [0.2, 0.25) is 0 Å². The highest BCUT2D eigenvalue weighted by Crippen LogP contribution is 2.22. The summed E-state index contributed by atoms with van der Waals surface area (Å²) in [5, 5.41) is 21.7. The molecule has 88 valence electrons. The van der Waals surface area contributed by atoms with Gasteiger partial charge in [-0.15, -0.1) is 0 Å². The quantitative estimate of drug-likeness (QED) is 0.758. The lowest BCUT2D eigenvalue weighted by Crippen LogP contribution is -2.33. The van der Waals surface area contributed by atoms with Gasteiger partial charge in [0.25, 0.3) is 0 Å². The van der Waals surface area contributed by atoms with Gasteiger partial charge in [0.15, 0.2) is 0 Å². The Kier molecular flexibility index (Phi) is 4.31. The van der Waals surface area contributed by atoms with E-state index in [1.807, 2.05) is 6.07 Å². The van der Waals surface area contributed by atoms with Crippen LogP contribution in [0.1, 0.15) is 5.56 Å². The highest BCUT2D eigenvalue weighted by Gasteiger charge is 2.07. The van der Waals surface area contributed by atoms with E-state index in [-0.39, 0.29) is 10.7 Å². The molecule has 0 atom stereocenters. The number of amides is 2. The second kappa shape index (κ2) is 5.72. The molecule has 0 spiro atoms. The number of carboxylic acids is 1. The van der Waals surface area contributed by atoms with Crippen molar-refractivity contribution in [1.29, 1.82) is 5.26 Å². The summed E-state index contributed by atoms with van der Waals surface area (Å²) < 4.78 is 0. The molecule has 0 bridgehead atoms. The number of carboxylic acid groups (broad SMARTS) is 1. The van der Waals surface area contributed by atoms with Gasteiger partial charge in [-0.1, -0.05) is 11.6 Å². The van der Waals surface area contributed by atoms with Gasteiger partial charge < -0.3 is 15.7 Å². The van der Waals surface area contributed by atoms with Gasteiger partial charge in [-0.25, -0.2) is 4.79 Å². The zero-order valence-corrected chi connectivity index (χ0v) is 9.28. The highest BCUT2D eigenvalue weighted by molar-refractivity contribution is 6.33. The Balaban J connectivity index is 2.71. The number of hydrogen-bond donors (Lipinski definition) is 3. The van der Waals surface area contributed by atoms with Gasteiger partial charge in [0.1, 0.15) is 6.54 Å². The number of benzene rings is 1. The van der Waals surface area contributed by atoms with Crippen LogP contribution in [-0.4, -0.2) is 23.7 Å². The van der Waals surface area contributed by atoms with Crippen LogP contribution >= 0.6 is 11.6 Å². The summed E-state index contributed by atoms with van der Waals surface area (Å²) in [6, 6.07) is 5.55. The van der Waals surface area contributed by atoms with Crippen LogP contribution < -0.4 is 10.6 Å². The van der Waals surface area contributed by atoms with Crippen LogP contribution in [0.2, 0.25) is 5.02 Å². The predicted molar refractivity (Wildman–Crippen MR) is 60.8 cm³/mol. The van der Waals surface area contributed by atoms with E-state index in [9.17, 15) is 9.59 Å². The van der Waals surface area contributed by atoms with Crippen LogP contribution in [-0.2, 0) is 4.79 Å². The molecule has 0 saturated carbocycles. The summed E-state index contributed by atoms with van der Waals surface area (Å²) in [4.78, 5) is 21.5. The number of hydrogen-bond acceptors (Lipinski definition) is 3. The molecule has 7 heteroatoms. The van der Waals surface area contributed by atoms with Gasteiger partial charge in [-0.3, -0.25) is 4.79 Å². The molecule has 0 fully saturated rings. The van der Waals surface area contributed by atoms with Crippen LogP contribution in [0.25, 0.3) is 0 Å². The van der Waals surface area contributed by atoms with E-state index in [1.54, 1.807) is 0 Å². The normalized spacial score (nSPS) is 9.18. The molecule has 0 aliphatic heterocycles. The molecule has 1 aromatic rings. The van der Waals surface area contributed by atoms with Crippen LogP contribution in [0.4, 0.5) is 10.5 Å². The maximum atomic E-state index is 11.2. The Morgan fingerprint density at radius 2 is 2.18 bits per heavy atom. The average molecular weight is 254 g/mol. The third kappa shape index (κ3) is 4.01. The van der Waals surface area contributed by atoms with Gasteiger partial charge >= 0.3 is 12.0 Å². The Morgan fingerprint density at radius 3 is 2.76 bits per heavy atom. The Bertz CT molecular complexity index is 496. The molecule has 0 aliphatic rings. The molecular formula is C10H8ClN3O3. The summed E-state index contributed by atoms with van der Waals surface area (Å²) >= 11 is 5.79. The third-order valence-corrected chi connectivity index (χ3v) is 2.07. The number of nitrogens with one attached hydrogen (secondary N) is 2. The van der Waals surface area contributed by atoms with Crippen molar-refractivity contribution >= 4 is 29.3 Å². The highest BCUT2D eigenvalue weighted by atomic mass is 35.5. The minimum Gasteiger partial charge on any atom is -0.480 e. The number of rotatable bonds is 3. The van der Waals surface area contributed by atoms with Gasteiger partial charge in [0.05, 0.1) is 22.3 Å². The first-order valence-electron chi connectivity index (χ1n) is 4.49. The minimum absolute atomic E-state index is 0.244. The standard InChI is InChI=1S/C10H8ClN3O3/c11-7-2-1-6(4-12)3-8(7)14-10(17)13-5-9(15)16/h1-3H,5H2,(H,15,16)(H2,13,14,17). The van der Waals surface area contributed by atoms with E-state index in [1.165, 1.54) is 18.2 Å². The third-order valence-electron chi connectivity index (χ3n) is 1.74. The van der Waals surface area contributed by atoms with E-state index in [0.717, 1.165) is 0 Å². The van der Waals surface area contributed by atoms with E-state index < -0.39 is 18.5 Å². The van der Waals surface area contributed by atoms with Crippen molar-refractivity contribution in [3.8, 4) is 6.07 Å². The Morgan fingerprint density at radius 1 is 1.47 bits per heavy atom. The SMILES string of the molecule is N#Cc1ccc(Cl)c(NC(=O)NCC(=O)O)c1. The van der Waals surface area contributed by atoms with Gasteiger partial charge in [-0.2, -0.15) is 5.26 Å². The first-order chi connectivity index (χ1) is 8.02. The number of aliphatic carboxylic acids is 1. The van der Waals surface area contributed by atoms with Crippen molar-refractivity contribution in [2.75, 3.05) is 11.9 Å². The summed E-state index contributed by atoms with van der Waals surface area (Å²) in [5.41, 5.74) is 0.580. The van der Waals surface area contributed by atoms with Crippen molar-refractivity contribution in [3.63, 3.8) is 0 Å². The predicted octanol–water partition coefficient (Wildman–Crippen LogP) is 1.42. The molecule has 0 unspecified atom stereocenters. The van der Waals surface area contributed by atoms with Crippen molar-refractivity contribution in [2.45, 2.75) is 0 Å². The summed E-state index contributed by atoms with van der Waals surface area (Å²) in [6.07, 6.45) is 0. The molecule has 0 aromatic heterocycles. The summed E-state index contributed by atoms with van der Waals surface area (Å²) in [5.74, 6) is -1.16. The number of anilines is 1. The number of urea groups is 1. The number of nitrogens with zero attached hydrogens (tertiary/aromatic N) is 1. The van der Waals surface area contributed by atoms with Crippen LogP contribution in [0.15, 0.2) is 18.2 Å². The average Bonchev–Trinajstić information content (AvgIpc) is 2.29. The molecule has 1 aromatic carbocycles. The van der Waals surface area contributed by atoms with E-state index >= 15 is 0 Å². The molecule has 2 amide bonds. The molecule has 1 rings (SSSR count). The fourth-order valence-corrected chi connectivity index (χ4v) is 1.18. The number of halogens is 1. The number of nitriles is 1. The van der Waals surface area contributed by atoms with E-state index in [4.69, 9.17) is 22.0 Å². The number of carbonyl (C=O) groups excluding carboxylic acids is 1. The maximum Gasteiger partial charge on any atom is 0.323 e. The smallest absolute Gasteiger partial charge is 0.323 e. The summed E-state index contributed by atoms with van der Waals surface area (Å²) in [7, 11) is 0. The fraction of sp³-hybridized carbons (Fsp3) is 0.100. The Hall–Kier alpha value is -2.26. The van der Waals surface area contributed by atoms with Gasteiger partial charge in [0, 0.05) is 0 Å². The zero-order chi connectivity index (χ0) is 12.8. The lowest BCUT2D eigenvalue weighted by atomic mass is 10.2. The molecule has 0 saturated heterocycles.